The molecule has 1 fully saturated rings. The van der Waals surface area contributed by atoms with Crippen molar-refractivity contribution in [3.8, 4) is 0 Å². The second kappa shape index (κ2) is 4.33. The summed E-state index contributed by atoms with van der Waals surface area (Å²) in [6.45, 7) is 3.42. The molecule has 0 saturated carbocycles. The molecule has 0 aromatic rings. The van der Waals surface area contributed by atoms with Gasteiger partial charge in [0.15, 0.2) is 0 Å². The standard InChI is InChI=1S/C9H17F2NO/c1-2-12-5-3-8(4-6-12)9(10,11)7-13/h8,13H,2-7H2,1H3. The molecule has 0 aliphatic carbocycles. The molecule has 78 valence electrons. The molecule has 0 aromatic heterocycles. The molecule has 13 heavy (non-hydrogen) atoms. The van der Waals surface area contributed by atoms with E-state index in [4.69, 9.17) is 5.11 Å². The summed E-state index contributed by atoms with van der Waals surface area (Å²) in [5.41, 5.74) is 0. The topological polar surface area (TPSA) is 23.5 Å². The Hall–Kier alpha value is -0.220. The lowest BCUT2D eigenvalue weighted by molar-refractivity contribution is -0.112. The normalized spacial score (nSPS) is 22.2. The average Bonchev–Trinajstić information content (AvgIpc) is 2.18. The fourth-order valence-corrected chi connectivity index (χ4v) is 1.80. The maximum atomic E-state index is 13.0. The van der Waals surface area contributed by atoms with E-state index in [9.17, 15) is 8.78 Å². The van der Waals surface area contributed by atoms with E-state index in [1.165, 1.54) is 0 Å². The van der Waals surface area contributed by atoms with Gasteiger partial charge in [-0.05, 0) is 32.5 Å². The first kappa shape index (κ1) is 10.9. The van der Waals surface area contributed by atoms with Gasteiger partial charge in [-0.1, -0.05) is 6.92 Å². The molecule has 2 nitrogen and oxygen atoms in total. The first-order valence-electron chi connectivity index (χ1n) is 4.81. The lowest BCUT2D eigenvalue weighted by Crippen LogP contribution is -2.42. The second-order valence-corrected chi connectivity index (χ2v) is 3.63. The van der Waals surface area contributed by atoms with Gasteiger partial charge in [-0.2, -0.15) is 0 Å². The maximum absolute atomic E-state index is 13.0. The first-order chi connectivity index (χ1) is 6.10. The number of halogens is 2. The van der Waals surface area contributed by atoms with E-state index in [-0.39, 0.29) is 0 Å². The molecular weight excluding hydrogens is 176 g/mol. The van der Waals surface area contributed by atoms with Gasteiger partial charge in [0.1, 0.15) is 6.61 Å². The Bertz CT molecular complexity index is 156. The van der Waals surface area contributed by atoms with Crippen LogP contribution in [0.4, 0.5) is 8.78 Å². The molecule has 0 spiro atoms. The van der Waals surface area contributed by atoms with Gasteiger partial charge in [0.05, 0.1) is 0 Å². The van der Waals surface area contributed by atoms with E-state index >= 15 is 0 Å². The number of aliphatic hydroxyl groups excluding tert-OH is 1. The van der Waals surface area contributed by atoms with Crippen molar-refractivity contribution >= 4 is 0 Å². The number of piperidine rings is 1. The van der Waals surface area contributed by atoms with Gasteiger partial charge in [-0.25, -0.2) is 8.78 Å². The molecule has 0 radical (unpaired) electrons. The molecule has 0 atom stereocenters. The zero-order valence-corrected chi connectivity index (χ0v) is 7.97. The molecule has 1 aliphatic rings. The number of rotatable bonds is 3. The lowest BCUT2D eigenvalue weighted by Gasteiger charge is -2.34. The fraction of sp³-hybridized carbons (Fsp3) is 1.00. The third-order valence-corrected chi connectivity index (χ3v) is 2.84. The van der Waals surface area contributed by atoms with Gasteiger partial charge in [-0.3, -0.25) is 0 Å². The van der Waals surface area contributed by atoms with E-state index in [0.29, 0.717) is 12.8 Å². The molecule has 4 heteroatoms. The summed E-state index contributed by atoms with van der Waals surface area (Å²) in [6, 6.07) is 0. The van der Waals surface area contributed by atoms with Crippen LogP contribution in [0.1, 0.15) is 19.8 Å². The number of nitrogens with zero attached hydrogens (tertiary/aromatic N) is 1. The van der Waals surface area contributed by atoms with Crippen LogP contribution < -0.4 is 0 Å². The Kier molecular flexibility index (Phi) is 3.62. The Balaban J connectivity index is 2.40. The molecule has 0 amide bonds. The summed E-state index contributed by atoms with van der Waals surface area (Å²) < 4.78 is 26.0. The minimum atomic E-state index is -2.88. The van der Waals surface area contributed by atoms with Crippen molar-refractivity contribution in [2.24, 2.45) is 5.92 Å². The summed E-state index contributed by atoms with van der Waals surface area (Å²) in [7, 11) is 0. The van der Waals surface area contributed by atoms with Gasteiger partial charge in [0.25, 0.3) is 5.92 Å². The zero-order valence-electron chi connectivity index (χ0n) is 7.97. The molecule has 0 aromatic carbocycles. The quantitative estimate of drug-likeness (QED) is 0.731. The largest absolute Gasteiger partial charge is 0.390 e. The van der Waals surface area contributed by atoms with Gasteiger partial charge in [-0.15, -0.1) is 0 Å². The third-order valence-electron chi connectivity index (χ3n) is 2.84. The van der Waals surface area contributed by atoms with Crippen LogP contribution >= 0.6 is 0 Å². The smallest absolute Gasteiger partial charge is 0.273 e. The van der Waals surface area contributed by atoms with E-state index in [1.807, 2.05) is 6.92 Å². The highest BCUT2D eigenvalue weighted by Crippen LogP contribution is 2.32. The lowest BCUT2D eigenvalue weighted by atomic mass is 9.91. The molecule has 1 aliphatic heterocycles. The number of hydrogen-bond donors (Lipinski definition) is 1. The van der Waals surface area contributed by atoms with Crippen molar-refractivity contribution in [2.45, 2.75) is 25.7 Å². The Morgan fingerprint density at radius 1 is 1.38 bits per heavy atom. The van der Waals surface area contributed by atoms with Crippen molar-refractivity contribution in [1.29, 1.82) is 0 Å². The highest BCUT2D eigenvalue weighted by Gasteiger charge is 2.39. The summed E-state index contributed by atoms with van der Waals surface area (Å²) in [4.78, 5) is 2.16. The molecule has 1 rings (SSSR count). The van der Waals surface area contributed by atoms with Crippen molar-refractivity contribution in [3.63, 3.8) is 0 Å². The molecule has 1 saturated heterocycles. The number of alkyl halides is 2. The van der Waals surface area contributed by atoms with Crippen LogP contribution in [0.3, 0.4) is 0 Å². The molecule has 0 bridgehead atoms. The number of hydrogen-bond acceptors (Lipinski definition) is 2. The average molecular weight is 193 g/mol. The number of likely N-dealkylation sites (tertiary alicyclic amines) is 1. The van der Waals surface area contributed by atoms with Crippen LogP contribution in [0.25, 0.3) is 0 Å². The highest BCUT2D eigenvalue weighted by molar-refractivity contribution is 4.81. The SMILES string of the molecule is CCN1CCC(C(F)(F)CO)CC1. The molecule has 1 N–H and O–H groups in total. The monoisotopic (exact) mass is 193 g/mol. The van der Waals surface area contributed by atoms with E-state index in [1.54, 1.807) is 0 Å². The maximum Gasteiger partial charge on any atom is 0.273 e. The van der Waals surface area contributed by atoms with Gasteiger partial charge >= 0.3 is 0 Å². The van der Waals surface area contributed by atoms with Crippen molar-refractivity contribution in [1.82, 2.24) is 4.90 Å². The number of aliphatic hydroxyl groups is 1. The van der Waals surface area contributed by atoms with E-state index in [2.05, 4.69) is 4.90 Å². The van der Waals surface area contributed by atoms with Crippen LogP contribution in [-0.2, 0) is 0 Å². The summed E-state index contributed by atoms with van der Waals surface area (Å²) >= 11 is 0. The Labute approximate surface area is 77.5 Å². The van der Waals surface area contributed by atoms with Gasteiger partial charge in [0, 0.05) is 5.92 Å². The minimum Gasteiger partial charge on any atom is -0.390 e. The zero-order chi connectivity index (χ0) is 9.90. The van der Waals surface area contributed by atoms with Crippen LogP contribution in [0.2, 0.25) is 0 Å². The summed E-state index contributed by atoms with van der Waals surface area (Å²) in [5.74, 6) is -3.50. The summed E-state index contributed by atoms with van der Waals surface area (Å²) in [6.07, 6.45) is 1.00. The van der Waals surface area contributed by atoms with Crippen molar-refractivity contribution < 1.29 is 13.9 Å². The third kappa shape index (κ3) is 2.61. The summed E-state index contributed by atoms with van der Waals surface area (Å²) in [5, 5.41) is 8.51. The molecular formula is C9H17F2NO. The fourth-order valence-electron chi connectivity index (χ4n) is 1.80. The predicted molar refractivity (Wildman–Crippen MR) is 46.9 cm³/mol. The van der Waals surface area contributed by atoms with Crippen LogP contribution in [0, 0.1) is 5.92 Å². The van der Waals surface area contributed by atoms with Crippen molar-refractivity contribution in [2.75, 3.05) is 26.2 Å². The van der Waals surface area contributed by atoms with E-state index < -0.39 is 18.4 Å². The second-order valence-electron chi connectivity index (χ2n) is 3.63. The Morgan fingerprint density at radius 2 is 1.92 bits per heavy atom. The Morgan fingerprint density at radius 3 is 2.31 bits per heavy atom. The van der Waals surface area contributed by atoms with Gasteiger partial charge in [0.2, 0.25) is 0 Å². The highest BCUT2D eigenvalue weighted by atomic mass is 19.3. The van der Waals surface area contributed by atoms with Crippen LogP contribution in [0.5, 0.6) is 0 Å². The molecule has 1 heterocycles. The van der Waals surface area contributed by atoms with Crippen molar-refractivity contribution in [3.05, 3.63) is 0 Å². The molecule has 0 unspecified atom stereocenters. The minimum absolute atomic E-state index is 0.501. The first-order valence-corrected chi connectivity index (χ1v) is 4.81. The predicted octanol–water partition coefficient (Wildman–Crippen LogP) is 1.35. The van der Waals surface area contributed by atoms with Gasteiger partial charge < -0.3 is 10.0 Å². The van der Waals surface area contributed by atoms with Crippen LogP contribution in [0.15, 0.2) is 0 Å². The van der Waals surface area contributed by atoms with E-state index in [0.717, 1.165) is 19.6 Å². The van der Waals surface area contributed by atoms with Crippen LogP contribution in [-0.4, -0.2) is 42.2 Å².